The van der Waals surface area contributed by atoms with Gasteiger partial charge in [-0.1, -0.05) is 66.2 Å². The fraction of sp³-hybridized carbons (Fsp3) is 0.136. The third-order valence-electron chi connectivity index (χ3n) is 4.00. The summed E-state index contributed by atoms with van der Waals surface area (Å²) < 4.78 is 5.78. The maximum atomic E-state index is 12.4. The van der Waals surface area contributed by atoms with E-state index in [4.69, 9.17) is 16.3 Å². The number of carbonyl (C=O) groups is 1. The number of hydrogen-bond acceptors (Lipinski definition) is 2. The Morgan fingerprint density at radius 2 is 1.69 bits per heavy atom. The molecule has 1 N–H and O–H groups in total. The fourth-order valence-electron chi connectivity index (χ4n) is 2.58. The van der Waals surface area contributed by atoms with Crippen molar-refractivity contribution < 1.29 is 9.53 Å². The van der Waals surface area contributed by atoms with Gasteiger partial charge < -0.3 is 10.1 Å². The molecule has 3 aromatic rings. The zero-order valence-electron chi connectivity index (χ0n) is 14.3. The highest BCUT2D eigenvalue weighted by Crippen LogP contribution is 2.16. The Hall–Kier alpha value is -2.78. The lowest BCUT2D eigenvalue weighted by Gasteiger charge is -2.09. The summed E-state index contributed by atoms with van der Waals surface area (Å²) in [6, 6.07) is 24.8. The monoisotopic (exact) mass is 365 g/mol. The summed E-state index contributed by atoms with van der Waals surface area (Å²) >= 11 is 6.12. The number of benzene rings is 3. The van der Waals surface area contributed by atoms with Gasteiger partial charge in [-0.05, 0) is 35.4 Å². The van der Waals surface area contributed by atoms with Gasteiger partial charge in [0.25, 0.3) is 5.91 Å². The van der Waals surface area contributed by atoms with Gasteiger partial charge in [0, 0.05) is 23.6 Å². The molecule has 0 saturated heterocycles. The van der Waals surface area contributed by atoms with E-state index in [-0.39, 0.29) is 5.91 Å². The first kappa shape index (κ1) is 18.0. The fourth-order valence-corrected chi connectivity index (χ4v) is 2.78. The lowest BCUT2D eigenvalue weighted by molar-refractivity contribution is 0.0950. The van der Waals surface area contributed by atoms with Crippen LogP contribution in [-0.4, -0.2) is 12.5 Å². The maximum absolute atomic E-state index is 12.4. The smallest absolute Gasteiger partial charge is 0.251 e. The zero-order valence-corrected chi connectivity index (χ0v) is 15.1. The van der Waals surface area contributed by atoms with Gasteiger partial charge in [-0.3, -0.25) is 4.79 Å². The van der Waals surface area contributed by atoms with E-state index in [0.29, 0.717) is 29.5 Å². The summed E-state index contributed by atoms with van der Waals surface area (Å²) in [5.74, 6) is 0.532. The number of amides is 1. The highest BCUT2D eigenvalue weighted by Gasteiger charge is 2.08. The lowest BCUT2D eigenvalue weighted by atomic mass is 10.1. The molecule has 0 saturated carbocycles. The van der Waals surface area contributed by atoms with Crippen LogP contribution in [0.15, 0.2) is 78.9 Å². The number of hydrogen-bond donors (Lipinski definition) is 1. The van der Waals surface area contributed by atoms with Crippen molar-refractivity contribution in [3.05, 3.63) is 101 Å². The van der Waals surface area contributed by atoms with Crippen LogP contribution in [0, 0.1) is 0 Å². The number of carbonyl (C=O) groups excluding carboxylic acids is 1. The summed E-state index contributed by atoms with van der Waals surface area (Å²) in [5, 5.41) is 3.53. The van der Waals surface area contributed by atoms with E-state index in [1.807, 2.05) is 54.6 Å². The molecule has 0 aliphatic carbocycles. The van der Waals surface area contributed by atoms with E-state index >= 15 is 0 Å². The molecule has 0 heterocycles. The molecule has 0 aliphatic heterocycles. The third-order valence-corrected chi connectivity index (χ3v) is 4.36. The van der Waals surface area contributed by atoms with Crippen molar-refractivity contribution in [3.8, 4) is 5.75 Å². The lowest BCUT2D eigenvalue weighted by Crippen LogP contribution is -2.22. The molecule has 3 rings (SSSR count). The van der Waals surface area contributed by atoms with Crippen LogP contribution in [0.5, 0.6) is 5.75 Å². The number of ether oxygens (including phenoxy) is 1. The van der Waals surface area contributed by atoms with Crippen molar-refractivity contribution >= 4 is 17.5 Å². The molecule has 132 valence electrons. The Labute approximate surface area is 158 Å². The van der Waals surface area contributed by atoms with Crippen LogP contribution >= 0.6 is 11.6 Å². The quantitative estimate of drug-likeness (QED) is 0.647. The minimum Gasteiger partial charge on any atom is -0.493 e. The largest absolute Gasteiger partial charge is 0.493 e. The van der Waals surface area contributed by atoms with Crippen LogP contribution in [0.4, 0.5) is 0 Å². The molecule has 3 nitrogen and oxygen atoms in total. The molecule has 0 aromatic heterocycles. The van der Waals surface area contributed by atoms with E-state index in [1.54, 1.807) is 12.1 Å². The van der Waals surface area contributed by atoms with Crippen LogP contribution in [0.3, 0.4) is 0 Å². The highest BCUT2D eigenvalue weighted by atomic mass is 35.5. The Balaban J connectivity index is 1.54. The maximum Gasteiger partial charge on any atom is 0.251 e. The standard InChI is InChI=1S/C22H20ClNO2/c23-21-12-5-4-9-19(21)16-24-22(25)18-10-6-11-20(15-18)26-14-13-17-7-2-1-3-8-17/h1-12,15H,13-14,16H2,(H,24,25). The first-order valence-corrected chi connectivity index (χ1v) is 8.88. The van der Waals surface area contributed by atoms with E-state index in [1.165, 1.54) is 5.56 Å². The van der Waals surface area contributed by atoms with Gasteiger partial charge in [0.1, 0.15) is 5.75 Å². The van der Waals surface area contributed by atoms with Gasteiger partial charge in [0.2, 0.25) is 0 Å². The molecule has 0 radical (unpaired) electrons. The molecular weight excluding hydrogens is 346 g/mol. The van der Waals surface area contributed by atoms with Gasteiger partial charge in [0.15, 0.2) is 0 Å². The predicted octanol–water partition coefficient (Wildman–Crippen LogP) is 4.89. The number of rotatable bonds is 7. The molecule has 0 aliphatic rings. The van der Waals surface area contributed by atoms with Gasteiger partial charge in [-0.15, -0.1) is 0 Å². The highest BCUT2D eigenvalue weighted by molar-refractivity contribution is 6.31. The van der Waals surface area contributed by atoms with Crippen molar-refractivity contribution in [2.45, 2.75) is 13.0 Å². The number of nitrogens with one attached hydrogen (secondary N) is 1. The summed E-state index contributed by atoms with van der Waals surface area (Å²) in [6.45, 7) is 0.951. The summed E-state index contributed by atoms with van der Waals surface area (Å²) in [7, 11) is 0. The Bertz CT molecular complexity index is 865. The molecule has 0 bridgehead atoms. The second-order valence-electron chi connectivity index (χ2n) is 5.89. The molecule has 0 spiro atoms. The first-order valence-electron chi connectivity index (χ1n) is 8.51. The van der Waals surface area contributed by atoms with Gasteiger partial charge >= 0.3 is 0 Å². The van der Waals surface area contributed by atoms with Crippen LogP contribution in [0.2, 0.25) is 5.02 Å². The van der Waals surface area contributed by atoms with Crippen LogP contribution in [0.1, 0.15) is 21.5 Å². The Kier molecular flexibility index (Phi) is 6.29. The van der Waals surface area contributed by atoms with Crippen molar-refractivity contribution in [1.29, 1.82) is 0 Å². The van der Waals surface area contributed by atoms with Gasteiger partial charge in [0.05, 0.1) is 6.61 Å². The second kappa shape index (κ2) is 9.07. The molecule has 4 heteroatoms. The average Bonchev–Trinajstić information content (AvgIpc) is 2.68. The molecule has 0 atom stereocenters. The zero-order chi connectivity index (χ0) is 18.2. The van der Waals surface area contributed by atoms with Crippen molar-refractivity contribution in [2.75, 3.05) is 6.61 Å². The van der Waals surface area contributed by atoms with Crippen molar-refractivity contribution in [3.63, 3.8) is 0 Å². The minimum absolute atomic E-state index is 0.154. The predicted molar refractivity (Wildman–Crippen MR) is 105 cm³/mol. The molecule has 3 aromatic carbocycles. The van der Waals surface area contributed by atoms with Crippen LogP contribution in [-0.2, 0) is 13.0 Å². The molecule has 0 unspecified atom stereocenters. The topological polar surface area (TPSA) is 38.3 Å². The number of halogens is 1. The van der Waals surface area contributed by atoms with E-state index < -0.39 is 0 Å². The van der Waals surface area contributed by atoms with E-state index in [0.717, 1.165) is 12.0 Å². The molecule has 1 amide bonds. The molecule has 0 fully saturated rings. The normalized spacial score (nSPS) is 10.3. The Morgan fingerprint density at radius 3 is 2.50 bits per heavy atom. The van der Waals surface area contributed by atoms with E-state index in [9.17, 15) is 4.79 Å². The third kappa shape index (κ3) is 5.11. The SMILES string of the molecule is O=C(NCc1ccccc1Cl)c1cccc(OCCc2ccccc2)c1. The van der Waals surface area contributed by atoms with Gasteiger partial charge in [-0.2, -0.15) is 0 Å². The van der Waals surface area contributed by atoms with Crippen molar-refractivity contribution in [1.82, 2.24) is 5.32 Å². The molecular formula is C22H20ClNO2. The van der Waals surface area contributed by atoms with Crippen molar-refractivity contribution in [2.24, 2.45) is 0 Å². The second-order valence-corrected chi connectivity index (χ2v) is 6.29. The summed E-state index contributed by atoms with van der Waals surface area (Å²) in [5.41, 5.74) is 2.67. The summed E-state index contributed by atoms with van der Waals surface area (Å²) in [4.78, 5) is 12.4. The average molecular weight is 366 g/mol. The first-order chi connectivity index (χ1) is 12.7. The summed E-state index contributed by atoms with van der Waals surface area (Å²) in [6.07, 6.45) is 0.823. The molecule has 26 heavy (non-hydrogen) atoms. The van der Waals surface area contributed by atoms with E-state index in [2.05, 4.69) is 17.4 Å². The Morgan fingerprint density at radius 1 is 0.923 bits per heavy atom. The van der Waals surface area contributed by atoms with Gasteiger partial charge in [-0.25, -0.2) is 0 Å². The van der Waals surface area contributed by atoms with Crippen LogP contribution in [0.25, 0.3) is 0 Å². The van der Waals surface area contributed by atoms with Crippen LogP contribution < -0.4 is 10.1 Å². The minimum atomic E-state index is -0.154.